The number of amides is 1. The van der Waals surface area contributed by atoms with Crippen LogP contribution in [-0.2, 0) is 9.53 Å². The standard InChI is InChI=1S/C18H24N2O2/c1-14-12-16(19-18(21)13-15-4-2-3-5-15)6-7-17(14)20-8-10-22-11-9-20/h2-3,6-7,12,15H,4-5,8-11,13H2,1H3,(H,19,21). The van der Waals surface area contributed by atoms with Crippen LogP contribution in [0.4, 0.5) is 11.4 Å². The van der Waals surface area contributed by atoms with Crippen molar-refractivity contribution in [2.45, 2.75) is 26.2 Å². The molecule has 1 amide bonds. The lowest BCUT2D eigenvalue weighted by atomic mass is 10.0. The van der Waals surface area contributed by atoms with Gasteiger partial charge in [0.2, 0.25) is 5.91 Å². The fourth-order valence-corrected chi connectivity index (χ4v) is 3.21. The second kappa shape index (κ2) is 6.97. The van der Waals surface area contributed by atoms with Gasteiger partial charge < -0.3 is 15.0 Å². The molecule has 0 radical (unpaired) electrons. The van der Waals surface area contributed by atoms with Crippen LogP contribution in [0.1, 0.15) is 24.8 Å². The molecule has 22 heavy (non-hydrogen) atoms. The number of ether oxygens (including phenoxy) is 1. The van der Waals surface area contributed by atoms with E-state index >= 15 is 0 Å². The second-order valence-electron chi connectivity index (χ2n) is 6.16. The molecule has 1 fully saturated rings. The van der Waals surface area contributed by atoms with E-state index in [9.17, 15) is 4.79 Å². The molecule has 2 aliphatic rings. The van der Waals surface area contributed by atoms with Crippen LogP contribution in [0.5, 0.6) is 0 Å². The Morgan fingerprint density at radius 3 is 2.68 bits per heavy atom. The van der Waals surface area contributed by atoms with Gasteiger partial charge in [-0.3, -0.25) is 4.79 Å². The lowest BCUT2D eigenvalue weighted by Crippen LogP contribution is -2.36. The highest BCUT2D eigenvalue weighted by atomic mass is 16.5. The van der Waals surface area contributed by atoms with Gasteiger partial charge in [0.25, 0.3) is 0 Å². The Balaban J connectivity index is 1.60. The molecule has 1 aromatic carbocycles. The Kier molecular flexibility index (Phi) is 4.78. The van der Waals surface area contributed by atoms with Crippen LogP contribution in [0, 0.1) is 12.8 Å². The quantitative estimate of drug-likeness (QED) is 0.869. The van der Waals surface area contributed by atoms with E-state index in [0.717, 1.165) is 44.8 Å². The van der Waals surface area contributed by atoms with Gasteiger partial charge in [0.1, 0.15) is 0 Å². The van der Waals surface area contributed by atoms with Crippen molar-refractivity contribution < 1.29 is 9.53 Å². The van der Waals surface area contributed by atoms with Gasteiger partial charge in [-0.2, -0.15) is 0 Å². The number of nitrogens with zero attached hydrogens (tertiary/aromatic N) is 1. The van der Waals surface area contributed by atoms with Gasteiger partial charge in [-0.15, -0.1) is 0 Å². The summed E-state index contributed by atoms with van der Waals surface area (Å²) in [6.07, 6.45) is 7.00. The van der Waals surface area contributed by atoms with Gasteiger partial charge in [-0.05, 0) is 49.4 Å². The van der Waals surface area contributed by atoms with Crippen molar-refractivity contribution in [3.8, 4) is 0 Å². The molecular formula is C18H24N2O2. The van der Waals surface area contributed by atoms with Crippen LogP contribution in [-0.4, -0.2) is 32.2 Å². The molecule has 4 heteroatoms. The minimum Gasteiger partial charge on any atom is -0.378 e. The van der Waals surface area contributed by atoms with E-state index in [1.165, 1.54) is 11.3 Å². The van der Waals surface area contributed by atoms with E-state index in [1.807, 2.05) is 6.07 Å². The maximum Gasteiger partial charge on any atom is 0.224 e. The summed E-state index contributed by atoms with van der Waals surface area (Å²) in [5.41, 5.74) is 3.33. The summed E-state index contributed by atoms with van der Waals surface area (Å²) in [7, 11) is 0. The molecule has 1 N–H and O–H groups in total. The normalized spacial score (nSPS) is 18.7. The molecule has 0 atom stereocenters. The van der Waals surface area contributed by atoms with Crippen molar-refractivity contribution in [3.05, 3.63) is 35.9 Å². The topological polar surface area (TPSA) is 41.6 Å². The molecule has 0 bridgehead atoms. The summed E-state index contributed by atoms with van der Waals surface area (Å²) < 4.78 is 5.40. The van der Waals surface area contributed by atoms with Gasteiger partial charge in [0.15, 0.2) is 0 Å². The Hall–Kier alpha value is -1.81. The number of carbonyl (C=O) groups is 1. The fraction of sp³-hybridized carbons (Fsp3) is 0.500. The maximum absolute atomic E-state index is 12.1. The molecule has 1 saturated heterocycles. The Morgan fingerprint density at radius 1 is 1.27 bits per heavy atom. The SMILES string of the molecule is Cc1cc(NC(=O)CC2CC=CC2)ccc1N1CCOCC1. The molecule has 1 aromatic rings. The minimum absolute atomic E-state index is 0.118. The fourth-order valence-electron chi connectivity index (χ4n) is 3.21. The van der Waals surface area contributed by atoms with Gasteiger partial charge in [0, 0.05) is 30.9 Å². The smallest absolute Gasteiger partial charge is 0.224 e. The third-order valence-corrected chi connectivity index (χ3v) is 4.41. The zero-order valence-electron chi connectivity index (χ0n) is 13.2. The molecule has 3 rings (SSSR count). The highest BCUT2D eigenvalue weighted by Crippen LogP contribution is 2.26. The Bertz CT molecular complexity index is 554. The van der Waals surface area contributed by atoms with Gasteiger partial charge in [-0.25, -0.2) is 0 Å². The maximum atomic E-state index is 12.1. The summed E-state index contributed by atoms with van der Waals surface area (Å²) in [5.74, 6) is 0.598. The van der Waals surface area contributed by atoms with Crippen LogP contribution < -0.4 is 10.2 Å². The van der Waals surface area contributed by atoms with Crippen LogP contribution >= 0.6 is 0 Å². The van der Waals surface area contributed by atoms with Crippen molar-refractivity contribution in [2.75, 3.05) is 36.5 Å². The zero-order chi connectivity index (χ0) is 15.4. The van der Waals surface area contributed by atoms with Crippen molar-refractivity contribution in [1.29, 1.82) is 0 Å². The summed E-state index contributed by atoms with van der Waals surface area (Å²) in [4.78, 5) is 14.4. The number of hydrogen-bond donors (Lipinski definition) is 1. The predicted octanol–water partition coefficient (Wildman–Crippen LogP) is 3.13. The monoisotopic (exact) mass is 300 g/mol. The number of hydrogen-bond acceptors (Lipinski definition) is 3. The first-order chi connectivity index (χ1) is 10.7. The molecule has 1 heterocycles. The third kappa shape index (κ3) is 3.69. The number of rotatable bonds is 4. The van der Waals surface area contributed by atoms with Crippen LogP contribution in [0.15, 0.2) is 30.4 Å². The van der Waals surface area contributed by atoms with Crippen LogP contribution in [0.2, 0.25) is 0 Å². The van der Waals surface area contributed by atoms with Crippen molar-refractivity contribution >= 4 is 17.3 Å². The summed E-state index contributed by atoms with van der Waals surface area (Å²) in [6, 6.07) is 6.17. The van der Waals surface area contributed by atoms with Crippen LogP contribution in [0.3, 0.4) is 0 Å². The van der Waals surface area contributed by atoms with Crippen molar-refractivity contribution in [1.82, 2.24) is 0 Å². The van der Waals surface area contributed by atoms with E-state index in [0.29, 0.717) is 12.3 Å². The molecule has 0 saturated carbocycles. The predicted molar refractivity (Wildman–Crippen MR) is 89.3 cm³/mol. The number of morpholine rings is 1. The van der Waals surface area contributed by atoms with E-state index in [4.69, 9.17) is 4.74 Å². The average Bonchev–Trinajstić information content (AvgIpc) is 3.01. The number of allylic oxidation sites excluding steroid dienone is 2. The van der Waals surface area contributed by atoms with E-state index in [1.54, 1.807) is 0 Å². The van der Waals surface area contributed by atoms with Crippen molar-refractivity contribution in [3.63, 3.8) is 0 Å². The summed E-state index contributed by atoms with van der Waals surface area (Å²) >= 11 is 0. The first-order valence-corrected chi connectivity index (χ1v) is 8.10. The first-order valence-electron chi connectivity index (χ1n) is 8.10. The second-order valence-corrected chi connectivity index (χ2v) is 6.16. The van der Waals surface area contributed by atoms with Gasteiger partial charge >= 0.3 is 0 Å². The number of carbonyl (C=O) groups excluding carboxylic acids is 1. The molecule has 0 aromatic heterocycles. The highest BCUT2D eigenvalue weighted by molar-refractivity contribution is 5.91. The van der Waals surface area contributed by atoms with E-state index in [-0.39, 0.29) is 5.91 Å². The Morgan fingerprint density at radius 2 is 2.00 bits per heavy atom. The highest BCUT2D eigenvalue weighted by Gasteiger charge is 2.16. The lowest BCUT2D eigenvalue weighted by molar-refractivity contribution is -0.117. The third-order valence-electron chi connectivity index (χ3n) is 4.41. The number of benzene rings is 1. The number of anilines is 2. The van der Waals surface area contributed by atoms with E-state index in [2.05, 4.69) is 41.4 Å². The lowest BCUT2D eigenvalue weighted by Gasteiger charge is -2.30. The molecular weight excluding hydrogens is 276 g/mol. The molecule has 0 unspecified atom stereocenters. The minimum atomic E-state index is 0.118. The first kappa shape index (κ1) is 15.1. The number of nitrogens with one attached hydrogen (secondary N) is 1. The largest absolute Gasteiger partial charge is 0.378 e. The summed E-state index contributed by atoms with van der Waals surface area (Å²) in [6.45, 7) is 5.53. The molecule has 4 nitrogen and oxygen atoms in total. The Labute approximate surface area is 132 Å². The summed E-state index contributed by atoms with van der Waals surface area (Å²) in [5, 5.41) is 3.03. The average molecular weight is 300 g/mol. The van der Waals surface area contributed by atoms with Crippen molar-refractivity contribution in [2.24, 2.45) is 5.92 Å². The van der Waals surface area contributed by atoms with Crippen LogP contribution in [0.25, 0.3) is 0 Å². The molecule has 118 valence electrons. The zero-order valence-corrected chi connectivity index (χ0v) is 13.2. The van der Waals surface area contributed by atoms with Gasteiger partial charge in [0.05, 0.1) is 13.2 Å². The molecule has 0 spiro atoms. The number of aryl methyl sites for hydroxylation is 1. The van der Waals surface area contributed by atoms with Gasteiger partial charge in [-0.1, -0.05) is 12.2 Å². The van der Waals surface area contributed by atoms with E-state index < -0.39 is 0 Å². The molecule has 1 aliphatic heterocycles. The molecule has 1 aliphatic carbocycles.